The maximum Gasteiger partial charge on any atom is 0.0996 e. The van der Waals surface area contributed by atoms with E-state index in [2.05, 4.69) is 11.6 Å². The zero-order chi connectivity index (χ0) is 10.6. The molecule has 0 saturated heterocycles. The minimum Gasteiger partial charge on any atom is -0.386 e. The van der Waals surface area contributed by atoms with Gasteiger partial charge in [0, 0.05) is 6.20 Å². The third-order valence-corrected chi connectivity index (χ3v) is 2.30. The Hall–Kier alpha value is -0.860. The van der Waals surface area contributed by atoms with E-state index in [0.717, 1.165) is 12.0 Å². The van der Waals surface area contributed by atoms with Gasteiger partial charge in [-0.3, -0.25) is 4.98 Å². The van der Waals surface area contributed by atoms with Crippen LogP contribution in [-0.2, 0) is 0 Å². The van der Waals surface area contributed by atoms with Gasteiger partial charge in [0.15, 0.2) is 0 Å². The monoisotopic (exact) mass is 211 g/mol. The molecule has 1 rings (SSSR count). The fourth-order valence-corrected chi connectivity index (χ4v) is 1.22. The van der Waals surface area contributed by atoms with Gasteiger partial charge in [0.05, 0.1) is 16.8 Å². The fraction of sp³-hybridized carbons (Fsp3) is 0.364. The summed E-state index contributed by atoms with van der Waals surface area (Å²) in [6, 6.07) is 3.46. The summed E-state index contributed by atoms with van der Waals surface area (Å²) in [5, 5.41) is 10.3. The lowest BCUT2D eigenvalue weighted by Gasteiger charge is -2.10. The van der Waals surface area contributed by atoms with Crippen molar-refractivity contribution in [1.82, 2.24) is 4.98 Å². The van der Waals surface area contributed by atoms with E-state index in [1.165, 1.54) is 6.20 Å². The molecule has 1 atom stereocenters. The molecule has 3 heteroatoms. The second-order valence-electron chi connectivity index (χ2n) is 3.22. The standard InChI is InChI=1S/C11H14ClNO/c1-3-8(2)6-11(14)10-5-4-9(12)7-13-10/h4-5,7,11,14H,2-3,6H2,1H3. The summed E-state index contributed by atoms with van der Waals surface area (Å²) in [6.45, 7) is 5.86. The Morgan fingerprint density at radius 2 is 2.36 bits per heavy atom. The van der Waals surface area contributed by atoms with Crippen LogP contribution in [0.3, 0.4) is 0 Å². The van der Waals surface area contributed by atoms with Crippen LogP contribution in [0.2, 0.25) is 5.02 Å². The molecular formula is C11H14ClNO. The van der Waals surface area contributed by atoms with E-state index in [4.69, 9.17) is 11.6 Å². The van der Waals surface area contributed by atoms with Gasteiger partial charge in [-0.15, -0.1) is 0 Å². The fourth-order valence-electron chi connectivity index (χ4n) is 1.11. The highest BCUT2D eigenvalue weighted by atomic mass is 35.5. The van der Waals surface area contributed by atoms with E-state index in [1.54, 1.807) is 12.1 Å². The number of aromatic nitrogens is 1. The minimum absolute atomic E-state index is 0.561. The molecule has 0 aromatic carbocycles. The van der Waals surface area contributed by atoms with E-state index >= 15 is 0 Å². The second-order valence-corrected chi connectivity index (χ2v) is 3.66. The van der Waals surface area contributed by atoms with Gasteiger partial charge >= 0.3 is 0 Å². The van der Waals surface area contributed by atoms with Crippen molar-refractivity contribution in [1.29, 1.82) is 0 Å². The first-order valence-corrected chi connectivity index (χ1v) is 4.97. The Morgan fingerprint density at radius 3 is 2.86 bits per heavy atom. The summed E-state index contributed by atoms with van der Waals surface area (Å²) in [4.78, 5) is 4.04. The van der Waals surface area contributed by atoms with Crippen molar-refractivity contribution in [2.24, 2.45) is 0 Å². The van der Waals surface area contributed by atoms with Crippen LogP contribution >= 0.6 is 11.6 Å². The maximum atomic E-state index is 9.75. The summed E-state index contributed by atoms with van der Waals surface area (Å²) >= 11 is 5.69. The van der Waals surface area contributed by atoms with E-state index in [-0.39, 0.29) is 0 Å². The molecule has 0 aliphatic carbocycles. The smallest absolute Gasteiger partial charge is 0.0996 e. The van der Waals surface area contributed by atoms with Crippen LogP contribution in [0.15, 0.2) is 30.5 Å². The van der Waals surface area contributed by atoms with E-state index < -0.39 is 6.10 Å². The molecule has 2 nitrogen and oxygen atoms in total. The lowest BCUT2D eigenvalue weighted by molar-refractivity contribution is 0.173. The normalized spacial score (nSPS) is 12.5. The third-order valence-electron chi connectivity index (χ3n) is 2.07. The lowest BCUT2D eigenvalue weighted by atomic mass is 10.1. The summed E-state index contributed by atoms with van der Waals surface area (Å²) in [7, 11) is 0. The molecule has 1 unspecified atom stereocenters. The number of aliphatic hydroxyl groups is 1. The number of hydrogen-bond acceptors (Lipinski definition) is 2. The first kappa shape index (κ1) is 11.2. The van der Waals surface area contributed by atoms with Gasteiger partial charge in [0.25, 0.3) is 0 Å². The first-order chi connectivity index (χ1) is 6.63. The molecular weight excluding hydrogens is 198 g/mol. The molecule has 0 amide bonds. The average Bonchev–Trinajstić information content (AvgIpc) is 2.18. The maximum absolute atomic E-state index is 9.75. The van der Waals surface area contributed by atoms with Crippen LogP contribution in [0.25, 0.3) is 0 Å². The molecule has 76 valence electrons. The molecule has 1 heterocycles. The van der Waals surface area contributed by atoms with Gasteiger partial charge in [-0.1, -0.05) is 30.7 Å². The molecule has 0 bridgehead atoms. The van der Waals surface area contributed by atoms with E-state index in [9.17, 15) is 5.11 Å². The molecule has 1 aromatic rings. The zero-order valence-electron chi connectivity index (χ0n) is 8.20. The highest BCUT2D eigenvalue weighted by Gasteiger charge is 2.09. The number of nitrogens with zero attached hydrogens (tertiary/aromatic N) is 1. The summed E-state index contributed by atoms with van der Waals surface area (Å²) in [6.07, 6.45) is 2.41. The van der Waals surface area contributed by atoms with Crippen molar-refractivity contribution in [2.45, 2.75) is 25.9 Å². The summed E-state index contributed by atoms with van der Waals surface area (Å²) in [5.74, 6) is 0. The molecule has 0 aliphatic heterocycles. The number of halogens is 1. The molecule has 0 spiro atoms. The zero-order valence-corrected chi connectivity index (χ0v) is 8.96. The summed E-state index contributed by atoms with van der Waals surface area (Å²) in [5.41, 5.74) is 1.67. The topological polar surface area (TPSA) is 33.1 Å². The predicted octanol–water partition coefficient (Wildman–Crippen LogP) is 3.12. The molecule has 0 saturated carbocycles. The van der Waals surface area contributed by atoms with Crippen molar-refractivity contribution in [3.63, 3.8) is 0 Å². The van der Waals surface area contributed by atoms with E-state index in [0.29, 0.717) is 17.1 Å². The van der Waals surface area contributed by atoms with Crippen LogP contribution in [0.1, 0.15) is 31.6 Å². The lowest BCUT2D eigenvalue weighted by Crippen LogP contribution is -2.00. The van der Waals surface area contributed by atoms with Gasteiger partial charge in [-0.2, -0.15) is 0 Å². The molecule has 1 aromatic heterocycles. The van der Waals surface area contributed by atoms with Crippen LogP contribution in [0.4, 0.5) is 0 Å². The van der Waals surface area contributed by atoms with Gasteiger partial charge in [-0.25, -0.2) is 0 Å². The second kappa shape index (κ2) is 5.13. The molecule has 0 fully saturated rings. The third kappa shape index (κ3) is 3.13. The van der Waals surface area contributed by atoms with Crippen molar-refractivity contribution in [3.05, 3.63) is 41.2 Å². The van der Waals surface area contributed by atoms with Gasteiger partial charge in [-0.05, 0) is 25.0 Å². The SMILES string of the molecule is C=C(CC)CC(O)c1ccc(Cl)cn1. The quantitative estimate of drug-likeness (QED) is 0.777. The Bertz CT molecular complexity index is 308. The van der Waals surface area contributed by atoms with Crippen molar-refractivity contribution >= 4 is 11.6 Å². The summed E-state index contributed by atoms with van der Waals surface area (Å²) < 4.78 is 0. The first-order valence-electron chi connectivity index (χ1n) is 4.59. The number of rotatable bonds is 4. The molecule has 14 heavy (non-hydrogen) atoms. The van der Waals surface area contributed by atoms with Crippen LogP contribution < -0.4 is 0 Å². The van der Waals surface area contributed by atoms with Crippen molar-refractivity contribution in [3.8, 4) is 0 Å². The largest absolute Gasteiger partial charge is 0.386 e. The number of pyridine rings is 1. The van der Waals surface area contributed by atoms with Crippen molar-refractivity contribution in [2.75, 3.05) is 0 Å². The average molecular weight is 212 g/mol. The molecule has 0 aliphatic rings. The van der Waals surface area contributed by atoms with Crippen molar-refractivity contribution < 1.29 is 5.11 Å². The Balaban J connectivity index is 2.65. The van der Waals surface area contributed by atoms with Crippen LogP contribution in [0, 0.1) is 0 Å². The minimum atomic E-state index is -0.570. The number of aliphatic hydroxyl groups excluding tert-OH is 1. The highest BCUT2D eigenvalue weighted by Crippen LogP contribution is 2.20. The molecule has 1 N–H and O–H groups in total. The molecule has 0 radical (unpaired) electrons. The number of hydrogen-bond donors (Lipinski definition) is 1. The Labute approximate surface area is 89.2 Å². The predicted molar refractivity (Wildman–Crippen MR) is 58.3 cm³/mol. The van der Waals surface area contributed by atoms with Crippen LogP contribution in [-0.4, -0.2) is 10.1 Å². The highest BCUT2D eigenvalue weighted by molar-refractivity contribution is 6.30. The van der Waals surface area contributed by atoms with Crippen LogP contribution in [0.5, 0.6) is 0 Å². The van der Waals surface area contributed by atoms with E-state index in [1.807, 2.05) is 6.92 Å². The Kier molecular flexibility index (Phi) is 4.11. The Morgan fingerprint density at radius 1 is 1.64 bits per heavy atom. The van der Waals surface area contributed by atoms with Gasteiger partial charge < -0.3 is 5.11 Å². The van der Waals surface area contributed by atoms with Gasteiger partial charge in [0.2, 0.25) is 0 Å². The van der Waals surface area contributed by atoms with Gasteiger partial charge in [0.1, 0.15) is 0 Å².